The van der Waals surface area contributed by atoms with Crippen molar-refractivity contribution >= 4 is 5.69 Å². The predicted octanol–water partition coefficient (Wildman–Crippen LogP) is 3.56. The number of hydrogen-bond donors (Lipinski definition) is 2. The second-order valence-electron chi connectivity index (χ2n) is 3.84. The smallest absolute Gasteiger partial charge is 0.138 e. The molecule has 1 rings (SSSR count). The van der Waals surface area contributed by atoms with Crippen molar-refractivity contribution in [2.45, 2.75) is 39.5 Å². The zero-order chi connectivity index (χ0) is 11.1. The molecule has 1 aromatic carbocycles. The molecule has 0 bridgehead atoms. The summed E-state index contributed by atoms with van der Waals surface area (Å²) in [5.41, 5.74) is 2.12. The number of nitrogens with one attached hydrogen (secondary N) is 1. The van der Waals surface area contributed by atoms with Gasteiger partial charge in [0, 0.05) is 6.54 Å². The van der Waals surface area contributed by atoms with Crippen molar-refractivity contribution in [3.8, 4) is 5.75 Å². The lowest BCUT2D eigenvalue weighted by molar-refractivity contribution is 0.477. The molecule has 1 aromatic rings. The highest BCUT2D eigenvalue weighted by Crippen LogP contribution is 2.24. The van der Waals surface area contributed by atoms with Crippen LogP contribution in [0.3, 0.4) is 0 Å². The van der Waals surface area contributed by atoms with E-state index < -0.39 is 0 Å². The fourth-order valence-corrected chi connectivity index (χ4v) is 1.54. The molecule has 2 nitrogen and oxygen atoms in total. The first-order valence-electron chi connectivity index (χ1n) is 5.83. The van der Waals surface area contributed by atoms with Crippen molar-refractivity contribution in [1.82, 2.24) is 0 Å². The van der Waals surface area contributed by atoms with E-state index >= 15 is 0 Å². The summed E-state index contributed by atoms with van der Waals surface area (Å²) in [5.74, 6) is 0.351. The van der Waals surface area contributed by atoms with Gasteiger partial charge in [0.1, 0.15) is 5.75 Å². The Bertz CT molecular complexity index is 297. The molecule has 0 heterocycles. The Hall–Kier alpha value is -1.18. The molecule has 0 saturated carbocycles. The van der Waals surface area contributed by atoms with E-state index in [0.29, 0.717) is 5.75 Å². The topological polar surface area (TPSA) is 32.3 Å². The molecule has 0 aliphatic heterocycles. The van der Waals surface area contributed by atoms with Crippen molar-refractivity contribution in [1.29, 1.82) is 0 Å². The van der Waals surface area contributed by atoms with Crippen LogP contribution in [0.15, 0.2) is 18.2 Å². The highest BCUT2D eigenvalue weighted by Gasteiger charge is 2.00. The largest absolute Gasteiger partial charge is 0.506 e. The highest BCUT2D eigenvalue weighted by atomic mass is 16.3. The number of benzene rings is 1. The van der Waals surface area contributed by atoms with Crippen molar-refractivity contribution in [2.75, 3.05) is 11.9 Å². The van der Waals surface area contributed by atoms with Crippen LogP contribution in [0.5, 0.6) is 5.75 Å². The van der Waals surface area contributed by atoms with Crippen molar-refractivity contribution in [3.05, 3.63) is 23.8 Å². The van der Waals surface area contributed by atoms with Crippen LogP contribution < -0.4 is 5.32 Å². The molecule has 0 aromatic heterocycles. The second kappa shape index (κ2) is 6.33. The van der Waals surface area contributed by atoms with E-state index in [2.05, 4.69) is 19.2 Å². The van der Waals surface area contributed by atoms with E-state index in [1.165, 1.54) is 18.4 Å². The fourth-order valence-electron chi connectivity index (χ4n) is 1.54. The van der Waals surface area contributed by atoms with E-state index in [1.807, 2.05) is 12.1 Å². The van der Waals surface area contributed by atoms with E-state index in [0.717, 1.165) is 25.1 Å². The maximum atomic E-state index is 9.62. The van der Waals surface area contributed by atoms with Gasteiger partial charge in [-0.25, -0.2) is 0 Å². The van der Waals surface area contributed by atoms with Crippen LogP contribution in [0.4, 0.5) is 5.69 Å². The average Bonchev–Trinajstić information content (AvgIpc) is 2.26. The van der Waals surface area contributed by atoms with Gasteiger partial charge in [-0.05, 0) is 30.5 Å². The Morgan fingerprint density at radius 2 is 2.00 bits per heavy atom. The summed E-state index contributed by atoms with van der Waals surface area (Å²) in [6, 6.07) is 5.76. The minimum absolute atomic E-state index is 0.351. The summed E-state index contributed by atoms with van der Waals surface area (Å²) in [6.45, 7) is 5.25. The van der Waals surface area contributed by atoms with Crippen LogP contribution in [-0.4, -0.2) is 11.7 Å². The molecule has 0 atom stereocenters. The van der Waals surface area contributed by atoms with Gasteiger partial charge in [-0.15, -0.1) is 0 Å². The zero-order valence-corrected chi connectivity index (χ0v) is 9.71. The number of aryl methyl sites for hydroxylation is 1. The van der Waals surface area contributed by atoms with Crippen LogP contribution >= 0.6 is 0 Å². The third-order valence-corrected chi connectivity index (χ3v) is 2.56. The Labute approximate surface area is 92.3 Å². The Kier molecular flexibility index (Phi) is 5.02. The molecule has 0 aliphatic carbocycles. The third kappa shape index (κ3) is 3.82. The van der Waals surface area contributed by atoms with Crippen LogP contribution in [-0.2, 0) is 6.42 Å². The minimum atomic E-state index is 0.351. The van der Waals surface area contributed by atoms with Gasteiger partial charge in [0.15, 0.2) is 0 Å². The summed E-state index contributed by atoms with van der Waals surface area (Å²) in [7, 11) is 0. The van der Waals surface area contributed by atoms with Crippen molar-refractivity contribution in [3.63, 3.8) is 0 Å². The summed E-state index contributed by atoms with van der Waals surface area (Å²) >= 11 is 0. The zero-order valence-electron chi connectivity index (χ0n) is 9.71. The Balaban J connectivity index is 2.51. The Morgan fingerprint density at radius 3 is 2.67 bits per heavy atom. The number of hydrogen-bond acceptors (Lipinski definition) is 2. The van der Waals surface area contributed by atoms with Gasteiger partial charge in [0.05, 0.1) is 5.69 Å². The molecule has 0 radical (unpaired) electrons. The number of anilines is 1. The van der Waals surface area contributed by atoms with Crippen molar-refractivity contribution in [2.24, 2.45) is 0 Å². The molecule has 84 valence electrons. The lowest BCUT2D eigenvalue weighted by Gasteiger charge is -2.09. The van der Waals surface area contributed by atoms with Gasteiger partial charge in [0.2, 0.25) is 0 Å². The average molecular weight is 207 g/mol. The van der Waals surface area contributed by atoms with Crippen molar-refractivity contribution < 1.29 is 5.11 Å². The first kappa shape index (κ1) is 11.9. The number of aromatic hydroxyl groups is 1. The van der Waals surface area contributed by atoms with E-state index in [1.54, 1.807) is 6.07 Å². The highest BCUT2D eigenvalue weighted by molar-refractivity contribution is 5.57. The van der Waals surface area contributed by atoms with Gasteiger partial charge in [-0.3, -0.25) is 0 Å². The summed E-state index contributed by atoms with van der Waals surface area (Å²) < 4.78 is 0. The van der Waals surface area contributed by atoms with E-state index in [4.69, 9.17) is 0 Å². The third-order valence-electron chi connectivity index (χ3n) is 2.56. The molecule has 0 fully saturated rings. The normalized spacial score (nSPS) is 10.3. The molecule has 0 aliphatic rings. The SMILES string of the molecule is CCCCCNc1cc(CC)ccc1O. The number of unbranched alkanes of at least 4 members (excludes halogenated alkanes) is 2. The maximum absolute atomic E-state index is 9.62. The molecule has 2 N–H and O–H groups in total. The lowest BCUT2D eigenvalue weighted by Crippen LogP contribution is -2.01. The number of rotatable bonds is 6. The maximum Gasteiger partial charge on any atom is 0.138 e. The number of phenols is 1. The van der Waals surface area contributed by atoms with Gasteiger partial charge in [-0.2, -0.15) is 0 Å². The van der Waals surface area contributed by atoms with Gasteiger partial charge in [-0.1, -0.05) is 32.8 Å². The molecular formula is C13H21NO. The predicted molar refractivity (Wildman–Crippen MR) is 65.5 cm³/mol. The lowest BCUT2D eigenvalue weighted by atomic mass is 10.1. The summed E-state index contributed by atoms with van der Waals surface area (Å²) in [6.07, 6.45) is 4.63. The molecule has 0 spiro atoms. The van der Waals surface area contributed by atoms with E-state index in [9.17, 15) is 5.11 Å². The molecule has 0 amide bonds. The monoisotopic (exact) mass is 207 g/mol. The number of phenolic OH excluding ortho intramolecular Hbond substituents is 1. The van der Waals surface area contributed by atoms with Crippen LogP contribution in [0.1, 0.15) is 38.7 Å². The van der Waals surface area contributed by atoms with Crippen LogP contribution in [0.2, 0.25) is 0 Å². The standard InChI is InChI=1S/C13H21NO/c1-3-5-6-9-14-12-10-11(4-2)7-8-13(12)15/h7-8,10,14-15H,3-6,9H2,1-2H3. The van der Waals surface area contributed by atoms with E-state index in [-0.39, 0.29) is 0 Å². The van der Waals surface area contributed by atoms with Gasteiger partial charge < -0.3 is 10.4 Å². The van der Waals surface area contributed by atoms with Crippen LogP contribution in [0.25, 0.3) is 0 Å². The fraction of sp³-hybridized carbons (Fsp3) is 0.538. The minimum Gasteiger partial charge on any atom is -0.506 e. The quantitative estimate of drug-likeness (QED) is 0.552. The first-order chi connectivity index (χ1) is 7.27. The molecule has 0 unspecified atom stereocenters. The summed E-state index contributed by atoms with van der Waals surface area (Å²) in [5, 5.41) is 12.9. The molecule has 2 heteroatoms. The second-order valence-corrected chi connectivity index (χ2v) is 3.84. The van der Waals surface area contributed by atoms with Crippen LogP contribution in [0, 0.1) is 0 Å². The van der Waals surface area contributed by atoms with Gasteiger partial charge >= 0.3 is 0 Å². The molecule has 15 heavy (non-hydrogen) atoms. The molecule has 0 saturated heterocycles. The Morgan fingerprint density at radius 1 is 1.20 bits per heavy atom. The van der Waals surface area contributed by atoms with Gasteiger partial charge in [0.25, 0.3) is 0 Å². The summed E-state index contributed by atoms with van der Waals surface area (Å²) in [4.78, 5) is 0. The first-order valence-corrected chi connectivity index (χ1v) is 5.83. The molecular weight excluding hydrogens is 186 g/mol.